The number of hydrogen-bond donors (Lipinski definition) is 1. The number of carbonyl (C=O) groups is 1. The number of carboxylic acids is 1. The highest BCUT2D eigenvalue weighted by Gasteiger charge is 2.20. The van der Waals surface area contributed by atoms with Crippen LogP contribution in [0.3, 0.4) is 0 Å². The van der Waals surface area contributed by atoms with Crippen molar-refractivity contribution in [3.63, 3.8) is 0 Å². The molecule has 1 aliphatic rings. The molecule has 0 amide bonds. The smallest absolute Gasteiger partial charge is 0.304 e. The highest BCUT2D eigenvalue weighted by atomic mass is 32.1. The van der Waals surface area contributed by atoms with Gasteiger partial charge in [0, 0.05) is 38.6 Å². The van der Waals surface area contributed by atoms with Gasteiger partial charge >= 0.3 is 5.97 Å². The third-order valence-corrected chi connectivity index (χ3v) is 4.49. The quantitative estimate of drug-likeness (QED) is 0.878. The average Bonchev–Trinajstić information content (AvgIpc) is 2.86. The Balaban J connectivity index is 1.83. The molecule has 6 nitrogen and oxygen atoms in total. The molecule has 0 aromatic carbocycles. The van der Waals surface area contributed by atoms with E-state index < -0.39 is 5.97 Å². The van der Waals surface area contributed by atoms with Crippen LogP contribution in [0.25, 0.3) is 0 Å². The van der Waals surface area contributed by atoms with Crippen LogP contribution in [0.4, 0.5) is 5.13 Å². The normalized spacial score (nSPS) is 17.1. The highest BCUT2D eigenvalue weighted by Crippen LogP contribution is 2.26. The van der Waals surface area contributed by atoms with E-state index in [9.17, 15) is 4.79 Å². The zero-order valence-electron chi connectivity index (χ0n) is 11.4. The Morgan fingerprint density at radius 1 is 1.32 bits per heavy atom. The van der Waals surface area contributed by atoms with Crippen molar-refractivity contribution in [1.82, 2.24) is 15.1 Å². The van der Waals surface area contributed by atoms with Gasteiger partial charge in [-0.15, -0.1) is 10.2 Å². The lowest BCUT2D eigenvalue weighted by Crippen LogP contribution is -2.46. The molecule has 1 aromatic heterocycles. The first kappa shape index (κ1) is 14.2. The number of aromatic nitrogens is 2. The molecule has 1 aromatic rings. The van der Waals surface area contributed by atoms with Crippen LogP contribution in [0.2, 0.25) is 0 Å². The summed E-state index contributed by atoms with van der Waals surface area (Å²) >= 11 is 1.66. The van der Waals surface area contributed by atoms with Crippen LogP contribution < -0.4 is 4.90 Å². The number of anilines is 1. The summed E-state index contributed by atoms with van der Waals surface area (Å²) in [7, 11) is 0. The van der Waals surface area contributed by atoms with E-state index in [2.05, 4.69) is 33.8 Å². The van der Waals surface area contributed by atoms with Crippen LogP contribution >= 0.6 is 11.3 Å². The Labute approximate surface area is 117 Å². The van der Waals surface area contributed by atoms with E-state index in [0.717, 1.165) is 36.3 Å². The lowest BCUT2D eigenvalue weighted by Gasteiger charge is -2.33. The second kappa shape index (κ2) is 6.29. The summed E-state index contributed by atoms with van der Waals surface area (Å²) in [5, 5.41) is 19.2. The predicted molar refractivity (Wildman–Crippen MR) is 74.9 cm³/mol. The van der Waals surface area contributed by atoms with Gasteiger partial charge in [0.25, 0.3) is 0 Å². The molecule has 0 bridgehead atoms. The van der Waals surface area contributed by atoms with Gasteiger partial charge in [-0.05, 0) is 0 Å². The first-order valence-electron chi connectivity index (χ1n) is 6.58. The molecule has 1 saturated heterocycles. The number of piperazine rings is 1. The molecule has 0 spiro atoms. The van der Waals surface area contributed by atoms with Crippen LogP contribution in [0.5, 0.6) is 0 Å². The van der Waals surface area contributed by atoms with Crippen molar-refractivity contribution in [2.45, 2.75) is 26.2 Å². The lowest BCUT2D eigenvalue weighted by atomic mass is 10.2. The van der Waals surface area contributed by atoms with Crippen molar-refractivity contribution in [3.8, 4) is 0 Å². The van der Waals surface area contributed by atoms with E-state index in [1.165, 1.54) is 0 Å². The first-order valence-corrected chi connectivity index (χ1v) is 7.40. The average molecular weight is 284 g/mol. The summed E-state index contributed by atoms with van der Waals surface area (Å²) in [4.78, 5) is 15.0. The van der Waals surface area contributed by atoms with Crippen molar-refractivity contribution in [3.05, 3.63) is 5.01 Å². The Morgan fingerprint density at radius 2 is 2.00 bits per heavy atom. The molecular formula is C12H20N4O2S. The molecule has 106 valence electrons. The van der Waals surface area contributed by atoms with Crippen LogP contribution in [-0.4, -0.2) is 58.9 Å². The second-order valence-electron chi connectivity index (χ2n) is 5.05. The fourth-order valence-corrected chi connectivity index (χ4v) is 2.90. The summed E-state index contributed by atoms with van der Waals surface area (Å²) in [5.41, 5.74) is 0. The maximum absolute atomic E-state index is 10.5. The fourth-order valence-electron chi connectivity index (χ4n) is 2.00. The van der Waals surface area contributed by atoms with E-state index in [1.807, 2.05) is 0 Å². The minimum absolute atomic E-state index is 0.219. The van der Waals surface area contributed by atoms with Crippen molar-refractivity contribution >= 4 is 22.4 Å². The molecule has 0 saturated carbocycles. The highest BCUT2D eigenvalue weighted by molar-refractivity contribution is 7.15. The molecule has 0 atom stereocenters. The molecule has 0 unspecified atom stereocenters. The Morgan fingerprint density at radius 3 is 2.53 bits per heavy atom. The van der Waals surface area contributed by atoms with Crippen molar-refractivity contribution in [1.29, 1.82) is 0 Å². The fraction of sp³-hybridized carbons (Fsp3) is 0.750. The number of nitrogens with zero attached hydrogens (tertiary/aromatic N) is 4. The molecule has 2 heterocycles. The largest absolute Gasteiger partial charge is 0.481 e. The summed E-state index contributed by atoms with van der Waals surface area (Å²) < 4.78 is 0. The van der Waals surface area contributed by atoms with Gasteiger partial charge in [0.1, 0.15) is 5.01 Å². The molecule has 2 rings (SSSR count). The van der Waals surface area contributed by atoms with E-state index in [-0.39, 0.29) is 6.42 Å². The summed E-state index contributed by atoms with van der Waals surface area (Å²) in [5.74, 6) is -0.309. The van der Waals surface area contributed by atoms with Crippen LogP contribution in [0, 0.1) is 0 Å². The summed E-state index contributed by atoms with van der Waals surface area (Å²) in [6, 6.07) is 0. The van der Waals surface area contributed by atoms with Gasteiger partial charge in [-0.3, -0.25) is 9.69 Å². The number of rotatable bonds is 5. The third-order valence-electron chi connectivity index (χ3n) is 3.21. The summed E-state index contributed by atoms with van der Waals surface area (Å²) in [6.07, 6.45) is 0.219. The van der Waals surface area contributed by atoms with Gasteiger partial charge in [-0.1, -0.05) is 25.2 Å². The maximum Gasteiger partial charge on any atom is 0.304 e. The number of hydrogen-bond acceptors (Lipinski definition) is 6. The van der Waals surface area contributed by atoms with Gasteiger partial charge in [-0.25, -0.2) is 0 Å². The minimum atomic E-state index is -0.729. The molecular weight excluding hydrogens is 264 g/mol. The van der Waals surface area contributed by atoms with Gasteiger partial charge in [0.05, 0.1) is 6.42 Å². The van der Waals surface area contributed by atoms with Gasteiger partial charge in [0.15, 0.2) is 0 Å². The Hall–Kier alpha value is -1.21. The summed E-state index contributed by atoms with van der Waals surface area (Å²) in [6.45, 7) is 8.45. The van der Waals surface area contributed by atoms with E-state index >= 15 is 0 Å². The predicted octanol–water partition coefficient (Wildman–Crippen LogP) is 1.26. The van der Waals surface area contributed by atoms with E-state index in [4.69, 9.17) is 5.11 Å². The zero-order valence-corrected chi connectivity index (χ0v) is 12.2. The van der Waals surface area contributed by atoms with Gasteiger partial charge in [-0.2, -0.15) is 0 Å². The lowest BCUT2D eigenvalue weighted by molar-refractivity contribution is -0.137. The van der Waals surface area contributed by atoms with Gasteiger partial charge in [0.2, 0.25) is 5.13 Å². The van der Waals surface area contributed by atoms with Crippen molar-refractivity contribution in [2.24, 2.45) is 0 Å². The van der Waals surface area contributed by atoms with Gasteiger partial charge < -0.3 is 10.0 Å². The topological polar surface area (TPSA) is 69.6 Å². The maximum atomic E-state index is 10.5. The van der Waals surface area contributed by atoms with Crippen molar-refractivity contribution in [2.75, 3.05) is 37.6 Å². The van der Waals surface area contributed by atoms with Crippen LogP contribution in [0.15, 0.2) is 0 Å². The molecule has 1 N–H and O–H groups in total. The minimum Gasteiger partial charge on any atom is -0.481 e. The zero-order chi connectivity index (χ0) is 13.8. The SMILES string of the molecule is CC(C)c1nnc(N2CCN(CCC(=O)O)CC2)s1. The third kappa shape index (κ3) is 3.87. The molecule has 0 radical (unpaired) electrons. The second-order valence-corrected chi connectivity index (χ2v) is 6.04. The number of aliphatic carboxylic acids is 1. The first-order chi connectivity index (χ1) is 9.06. The van der Waals surface area contributed by atoms with E-state index in [0.29, 0.717) is 12.5 Å². The van der Waals surface area contributed by atoms with Crippen molar-refractivity contribution < 1.29 is 9.90 Å². The molecule has 7 heteroatoms. The standard InChI is InChI=1S/C12H20N4O2S/c1-9(2)11-13-14-12(19-11)16-7-5-15(6-8-16)4-3-10(17)18/h9H,3-8H2,1-2H3,(H,17,18). The molecule has 19 heavy (non-hydrogen) atoms. The number of carboxylic acid groups (broad SMARTS) is 1. The monoisotopic (exact) mass is 284 g/mol. The molecule has 1 fully saturated rings. The Kier molecular flexibility index (Phi) is 4.71. The van der Waals surface area contributed by atoms with Crippen LogP contribution in [-0.2, 0) is 4.79 Å². The van der Waals surface area contributed by atoms with Crippen LogP contribution in [0.1, 0.15) is 31.2 Å². The Bertz CT molecular complexity index is 427. The molecule has 0 aliphatic carbocycles. The van der Waals surface area contributed by atoms with E-state index in [1.54, 1.807) is 11.3 Å². The molecule has 1 aliphatic heterocycles.